The minimum Gasteiger partial charge on any atom is -0.376 e. The molecule has 0 saturated carbocycles. The number of hydrogen-bond donors (Lipinski definition) is 2. The van der Waals surface area contributed by atoms with Crippen LogP contribution in [0.1, 0.15) is 31.2 Å². The Morgan fingerprint density at radius 3 is 2.71 bits per heavy atom. The van der Waals surface area contributed by atoms with Gasteiger partial charge in [0.1, 0.15) is 0 Å². The third-order valence-corrected chi connectivity index (χ3v) is 4.73. The molecule has 114 valence electrons. The van der Waals surface area contributed by atoms with Gasteiger partial charge in [0.15, 0.2) is 0 Å². The Morgan fingerprint density at radius 1 is 1.29 bits per heavy atom. The smallest absolute Gasteiger partial charge is 0.230 e. The fraction of sp³-hybridized carbons (Fsp3) is 0.588. The van der Waals surface area contributed by atoms with Crippen LogP contribution in [0, 0.1) is 0 Å². The molecule has 0 radical (unpaired) electrons. The van der Waals surface area contributed by atoms with Crippen LogP contribution in [0.15, 0.2) is 30.3 Å². The van der Waals surface area contributed by atoms with Crippen LogP contribution in [-0.2, 0) is 14.9 Å². The van der Waals surface area contributed by atoms with Crippen molar-refractivity contribution < 1.29 is 9.53 Å². The van der Waals surface area contributed by atoms with Crippen molar-refractivity contribution in [2.24, 2.45) is 0 Å². The second kappa shape index (κ2) is 6.58. The molecule has 2 aliphatic rings. The van der Waals surface area contributed by atoms with Crippen LogP contribution in [0.25, 0.3) is 0 Å². The van der Waals surface area contributed by atoms with Crippen molar-refractivity contribution in [3.8, 4) is 0 Å². The molecule has 2 aliphatic heterocycles. The number of amides is 1. The van der Waals surface area contributed by atoms with Crippen LogP contribution in [0.4, 0.5) is 0 Å². The highest BCUT2D eigenvalue weighted by molar-refractivity contribution is 5.88. The first-order valence-corrected chi connectivity index (χ1v) is 7.97. The van der Waals surface area contributed by atoms with Gasteiger partial charge in [-0.05, 0) is 44.3 Å². The Kier molecular flexibility index (Phi) is 4.56. The second-order valence-electron chi connectivity index (χ2n) is 6.04. The minimum atomic E-state index is -0.384. The summed E-state index contributed by atoms with van der Waals surface area (Å²) in [5.41, 5.74) is 0.752. The van der Waals surface area contributed by atoms with Crippen LogP contribution in [0.3, 0.4) is 0 Å². The van der Waals surface area contributed by atoms with Gasteiger partial charge in [0, 0.05) is 13.2 Å². The van der Waals surface area contributed by atoms with Crippen molar-refractivity contribution in [2.45, 2.75) is 37.2 Å². The Labute approximate surface area is 126 Å². The van der Waals surface area contributed by atoms with E-state index >= 15 is 0 Å². The molecule has 0 spiro atoms. The molecule has 3 rings (SSSR count). The summed E-state index contributed by atoms with van der Waals surface area (Å²) in [6, 6.07) is 10.2. The lowest BCUT2D eigenvalue weighted by Crippen LogP contribution is -2.51. The maximum Gasteiger partial charge on any atom is 0.230 e. The summed E-state index contributed by atoms with van der Waals surface area (Å²) < 4.78 is 5.60. The summed E-state index contributed by atoms with van der Waals surface area (Å²) in [5.74, 6) is 0.158. The largest absolute Gasteiger partial charge is 0.376 e. The first kappa shape index (κ1) is 14.5. The van der Waals surface area contributed by atoms with E-state index < -0.39 is 0 Å². The molecule has 2 saturated heterocycles. The highest BCUT2D eigenvalue weighted by Gasteiger charge is 2.41. The molecule has 2 heterocycles. The van der Waals surface area contributed by atoms with Crippen molar-refractivity contribution in [1.82, 2.24) is 10.6 Å². The van der Waals surface area contributed by atoms with E-state index in [9.17, 15) is 4.79 Å². The lowest BCUT2D eigenvalue weighted by Gasteiger charge is -2.37. The molecule has 1 atom stereocenters. The van der Waals surface area contributed by atoms with Crippen molar-refractivity contribution in [3.63, 3.8) is 0 Å². The van der Waals surface area contributed by atoms with Crippen LogP contribution >= 0.6 is 0 Å². The van der Waals surface area contributed by atoms with E-state index in [1.54, 1.807) is 0 Å². The van der Waals surface area contributed by atoms with Crippen molar-refractivity contribution in [1.29, 1.82) is 0 Å². The highest BCUT2D eigenvalue weighted by atomic mass is 16.5. The first-order chi connectivity index (χ1) is 10.3. The average Bonchev–Trinajstić information content (AvgIpc) is 3.07. The van der Waals surface area contributed by atoms with E-state index in [4.69, 9.17) is 4.74 Å². The summed E-state index contributed by atoms with van der Waals surface area (Å²) in [7, 11) is 0. The molecule has 2 N–H and O–H groups in total. The van der Waals surface area contributed by atoms with Crippen LogP contribution < -0.4 is 10.6 Å². The van der Waals surface area contributed by atoms with Crippen molar-refractivity contribution in [2.75, 3.05) is 26.2 Å². The predicted molar refractivity (Wildman–Crippen MR) is 82.2 cm³/mol. The Bertz CT molecular complexity index is 463. The summed E-state index contributed by atoms with van der Waals surface area (Å²) in [6.07, 6.45) is 4.07. The zero-order chi connectivity index (χ0) is 14.5. The minimum absolute atomic E-state index is 0.158. The monoisotopic (exact) mass is 288 g/mol. The first-order valence-electron chi connectivity index (χ1n) is 7.97. The fourth-order valence-corrected chi connectivity index (χ4v) is 3.44. The molecule has 21 heavy (non-hydrogen) atoms. The molecule has 0 aromatic heterocycles. The highest BCUT2D eigenvalue weighted by Crippen LogP contribution is 2.33. The molecule has 1 aromatic rings. The quantitative estimate of drug-likeness (QED) is 0.885. The van der Waals surface area contributed by atoms with Crippen LogP contribution in [-0.4, -0.2) is 38.3 Å². The fourth-order valence-electron chi connectivity index (χ4n) is 3.44. The molecule has 1 aromatic carbocycles. The van der Waals surface area contributed by atoms with Crippen molar-refractivity contribution >= 4 is 5.91 Å². The van der Waals surface area contributed by atoms with Crippen molar-refractivity contribution in [3.05, 3.63) is 35.9 Å². The number of nitrogens with one attached hydrogen (secondary N) is 2. The molecule has 4 nitrogen and oxygen atoms in total. The van der Waals surface area contributed by atoms with Gasteiger partial charge in [0.2, 0.25) is 5.91 Å². The zero-order valence-corrected chi connectivity index (χ0v) is 12.4. The molecule has 2 fully saturated rings. The van der Waals surface area contributed by atoms with Gasteiger partial charge in [0.25, 0.3) is 0 Å². The summed E-state index contributed by atoms with van der Waals surface area (Å²) >= 11 is 0. The standard InChI is InChI=1S/C17H24N2O2/c20-16(19-13-15-7-4-12-21-15)17(8-10-18-11-9-17)14-5-2-1-3-6-14/h1-3,5-6,15,18H,4,7-13H2,(H,19,20). The van der Waals surface area contributed by atoms with Gasteiger partial charge in [-0.15, -0.1) is 0 Å². The third kappa shape index (κ3) is 3.11. The summed E-state index contributed by atoms with van der Waals surface area (Å²) in [5, 5.41) is 6.50. The molecule has 1 amide bonds. The number of benzene rings is 1. The Hall–Kier alpha value is -1.39. The number of hydrogen-bond acceptors (Lipinski definition) is 3. The van der Waals surface area contributed by atoms with E-state index in [-0.39, 0.29) is 17.4 Å². The Morgan fingerprint density at radius 2 is 2.05 bits per heavy atom. The maximum absolute atomic E-state index is 12.9. The normalized spacial score (nSPS) is 24.7. The zero-order valence-electron chi connectivity index (χ0n) is 12.4. The SMILES string of the molecule is O=C(NCC1CCCO1)C1(c2ccccc2)CCNCC1. The second-order valence-corrected chi connectivity index (χ2v) is 6.04. The molecule has 0 aliphatic carbocycles. The van der Waals surface area contributed by atoms with Gasteiger partial charge in [0.05, 0.1) is 11.5 Å². The van der Waals surface area contributed by atoms with Crippen LogP contribution in [0.2, 0.25) is 0 Å². The number of ether oxygens (including phenoxy) is 1. The van der Waals surface area contributed by atoms with E-state index in [0.717, 1.165) is 50.9 Å². The van der Waals surface area contributed by atoms with Gasteiger partial charge in [-0.3, -0.25) is 4.79 Å². The molecule has 0 bridgehead atoms. The van der Waals surface area contributed by atoms with Gasteiger partial charge in [-0.2, -0.15) is 0 Å². The molecule has 1 unspecified atom stereocenters. The summed E-state index contributed by atoms with van der Waals surface area (Å²) in [6.45, 7) is 3.25. The van der Waals surface area contributed by atoms with Gasteiger partial charge in [-0.1, -0.05) is 30.3 Å². The van der Waals surface area contributed by atoms with Gasteiger partial charge in [-0.25, -0.2) is 0 Å². The Balaban J connectivity index is 1.73. The van der Waals surface area contributed by atoms with Gasteiger partial charge >= 0.3 is 0 Å². The number of piperidine rings is 1. The van der Waals surface area contributed by atoms with Crippen LogP contribution in [0.5, 0.6) is 0 Å². The average molecular weight is 288 g/mol. The lowest BCUT2D eigenvalue weighted by molar-refractivity contribution is -0.128. The number of carbonyl (C=O) groups is 1. The predicted octanol–water partition coefficient (Wildman–Crippen LogP) is 1.60. The van der Waals surface area contributed by atoms with Gasteiger partial charge < -0.3 is 15.4 Å². The maximum atomic E-state index is 12.9. The molecule has 4 heteroatoms. The lowest BCUT2D eigenvalue weighted by atomic mass is 9.72. The number of carbonyl (C=O) groups excluding carboxylic acids is 1. The topological polar surface area (TPSA) is 50.4 Å². The number of rotatable bonds is 4. The van der Waals surface area contributed by atoms with E-state index in [2.05, 4.69) is 22.8 Å². The summed E-state index contributed by atoms with van der Waals surface area (Å²) in [4.78, 5) is 12.9. The third-order valence-electron chi connectivity index (χ3n) is 4.73. The molecular formula is C17H24N2O2. The van der Waals surface area contributed by atoms with E-state index in [0.29, 0.717) is 6.54 Å². The molecular weight excluding hydrogens is 264 g/mol. The van der Waals surface area contributed by atoms with E-state index in [1.165, 1.54) is 0 Å². The van der Waals surface area contributed by atoms with E-state index in [1.807, 2.05) is 18.2 Å².